The van der Waals surface area contributed by atoms with E-state index in [1.165, 1.54) is 25.7 Å². The van der Waals surface area contributed by atoms with Crippen LogP contribution in [0.1, 0.15) is 43.0 Å². The van der Waals surface area contributed by atoms with Crippen molar-refractivity contribution < 1.29 is 4.74 Å². The second-order valence-corrected chi connectivity index (χ2v) is 6.24. The van der Waals surface area contributed by atoms with Crippen molar-refractivity contribution in [3.8, 4) is 5.88 Å². The van der Waals surface area contributed by atoms with E-state index < -0.39 is 0 Å². The Morgan fingerprint density at radius 2 is 2.14 bits per heavy atom. The molecular weight excluding hydrogens is 298 g/mol. The van der Waals surface area contributed by atoms with Gasteiger partial charge >= 0.3 is 0 Å². The molecule has 2 aromatic rings. The maximum absolute atomic E-state index is 6.03. The smallest absolute Gasteiger partial charge is 0.212 e. The second kappa shape index (κ2) is 7.16. The number of aromatic nitrogens is 2. The van der Waals surface area contributed by atoms with Crippen molar-refractivity contribution >= 4 is 11.6 Å². The minimum absolute atomic E-state index is 0.472. The topological polar surface area (TPSA) is 39.1 Å². The SMILES string of the molecule is CNCc1cc(OCc2cccc(Cl)c2)n(C2CCCC2)n1. The lowest BCUT2D eigenvalue weighted by atomic mass is 10.2. The Balaban J connectivity index is 1.75. The van der Waals surface area contributed by atoms with Crippen LogP contribution in [0.4, 0.5) is 0 Å². The molecule has 0 radical (unpaired) electrons. The van der Waals surface area contributed by atoms with Crippen molar-refractivity contribution in [1.29, 1.82) is 0 Å². The predicted molar refractivity (Wildman–Crippen MR) is 88.3 cm³/mol. The van der Waals surface area contributed by atoms with E-state index in [2.05, 4.69) is 10.00 Å². The van der Waals surface area contributed by atoms with E-state index in [4.69, 9.17) is 21.4 Å². The molecule has 1 N–H and O–H groups in total. The minimum atomic E-state index is 0.472. The highest BCUT2D eigenvalue weighted by molar-refractivity contribution is 6.30. The van der Waals surface area contributed by atoms with E-state index in [1.54, 1.807) is 0 Å². The third-order valence-electron chi connectivity index (χ3n) is 4.06. The van der Waals surface area contributed by atoms with Crippen LogP contribution in [0, 0.1) is 0 Å². The quantitative estimate of drug-likeness (QED) is 0.876. The molecule has 0 aliphatic heterocycles. The van der Waals surface area contributed by atoms with Crippen LogP contribution < -0.4 is 10.1 Å². The van der Waals surface area contributed by atoms with Crippen molar-refractivity contribution in [2.75, 3.05) is 7.05 Å². The molecule has 118 valence electrons. The molecule has 0 atom stereocenters. The fourth-order valence-electron chi connectivity index (χ4n) is 2.99. The van der Waals surface area contributed by atoms with Crippen molar-refractivity contribution in [2.45, 2.75) is 44.9 Å². The number of ether oxygens (including phenoxy) is 1. The molecule has 0 unspecified atom stereocenters. The zero-order chi connectivity index (χ0) is 15.4. The molecule has 3 rings (SSSR count). The van der Waals surface area contributed by atoms with E-state index in [0.29, 0.717) is 12.6 Å². The normalized spacial score (nSPS) is 15.4. The summed E-state index contributed by atoms with van der Waals surface area (Å²) in [5.74, 6) is 0.858. The summed E-state index contributed by atoms with van der Waals surface area (Å²) >= 11 is 6.03. The van der Waals surface area contributed by atoms with Crippen molar-refractivity contribution in [2.24, 2.45) is 0 Å². The van der Waals surface area contributed by atoms with Gasteiger partial charge in [0.05, 0.1) is 11.7 Å². The Hall–Kier alpha value is -1.52. The van der Waals surface area contributed by atoms with E-state index >= 15 is 0 Å². The van der Waals surface area contributed by atoms with Crippen LogP contribution in [-0.4, -0.2) is 16.8 Å². The molecule has 1 aliphatic rings. The first kappa shape index (κ1) is 15.4. The van der Waals surface area contributed by atoms with Crippen LogP contribution in [-0.2, 0) is 13.2 Å². The zero-order valence-electron chi connectivity index (χ0n) is 12.9. The molecule has 0 bridgehead atoms. The number of halogens is 1. The van der Waals surface area contributed by atoms with Gasteiger partial charge in [-0.1, -0.05) is 36.6 Å². The highest BCUT2D eigenvalue weighted by Crippen LogP contribution is 2.33. The summed E-state index contributed by atoms with van der Waals surface area (Å²) in [5.41, 5.74) is 2.09. The summed E-state index contributed by atoms with van der Waals surface area (Å²) < 4.78 is 8.11. The van der Waals surface area contributed by atoms with Crippen LogP contribution in [0.15, 0.2) is 30.3 Å². The Bertz CT molecular complexity index is 620. The fourth-order valence-corrected chi connectivity index (χ4v) is 3.21. The highest BCUT2D eigenvalue weighted by Gasteiger charge is 2.22. The van der Waals surface area contributed by atoms with E-state index in [9.17, 15) is 0 Å². The first-order chi connectivity index (χ1) is 10.8. The van der Waals surface area contributed by atoms with Crippen molar-refractivity contribution in [3.05, 3.63) is 46.6 Å². The number of nitrogens with zero attached hydrogens (tertiary/aromatic N) is 2. The van der Waals surface area contributed by atoms with Gasteiger partial charge in [-0.05, 0) is 37.6 Å². The number of hydrogen-bond donors (Lipinski definition) is 1. The Morgan fingerprint density at radius 1 is 1.32 bits per heavy atom. The van der Waals surface area contributed by atoms with E-state index in [0.717, 1.165) is 28.7 Å². The summed E-state index contributed by atoms with van der Waals surface area (Å²) in [7, 11) is 1.93. The van der Waals surface area contributed by atoms with Gasteiger partial charge in [-0.15, -0.1) is 0 Å². The molecule has 0 spiro atoms. The Morgan fingerprint density at radius 3 is 2.86 bits per heavy atom. The maximum Gasteiger partial charge on any atom is 0.212 e. The monoisotopic (exact) mass is 319 g/mol. The van der Waals surface area contributed by atoms with E-state index in [-0.39, 0.29) is 0 Å². The van der Waals surface area contributed by atoms with Gasteiger partial charge in [0.25, 0.3) is 0 Å². The lowest BCUT2D eigenvalue weighted by Crippen LogP contribution is -2.11. The van der Waals surface area contributed by atoms with Crippen LogP contribution in [0.2, 0.25) is 5.02 Å². The highest BCUT2D eigenvalue weighted by atomic mass is 35.5. The molecule has 0 saturated heterocycles. The van der Waals surface area contributed by atoms with Gasteiger partial charge in [0.1, 0.15) is 6.61 Å². The first-order valence-corrected chi connectivity index (χ1v) is 8.24. The maximum atomic E-state index is 6.03. The van der Waals surface area contributed by atoms with Gasteiger partial charge in [0.15, 0.2) is 0 Å². The van der Waals surface area contributed by atoms with Gasteiger partial charge in [-0.3, -0.25) is 0 Å². The fraction of sp³-hybridized carbons (Fsp3) is 0.471. The standard InChI is InChI=1S/C17H22ClN3O/c1-19-11-15-10-17(21(20-15)16-7-2-3-8-16)22-12-13-5-4-6-14(18)9-13/h4-6,9-10,16,19H,2-3,7-8,11-12H2,1H3. The molecule has 1 aromatic carbocycles. The Labute approximate surface area is 136 Å². The molecule has 1 saturated carbocycles. The molecule has 1 fully saturated rings. The summed E-state index contributed by atoms with van der Waals surface area (Å²) in [4.78, 5) is 0. The number of benzene rings is 1. The van der Waals surface area contributed by atoms with Gasteiger partial charge in [-0.2, -0.15) is 5.10 Å². The van der Waals surface area contributed by atoms with Crippen molar-refractivity contribution in [3.63, 3.8) is 0 Å². The molecule has 1 aromatic heterocycles. The number of hydrogen-bond acceptors (Lipinski definition) is 3. The van der Waals surface area contributed by atoms with Crippen LogP contribution in [0.3, 0.4) is 0 Å². The largest absolute Gasteiger partial charge is 0.473 e. The average molecular weight is 320 g/mol. The average Bonchev–Trinajstić information content (AvgIpc) is 3.14. The molecular formula is C17H22ClN3O. The molecule has 1 heterocycles. The minimum Gasteiger partial charge on any atom is -0.473 e. The summed E-state index contributed by atoms with van der Waals surface area (Å²) in [6.45, 7) is 1.27. The lowest BCUT2D eigenvalue weighted by Gasteiger charge is -2.14. The lowest BCUT2D eigenvalue weighted by molar-refractivity contribution is 0.259. The van der Waals surface area contributed by atoms with E-state index in [1.807, 2.05) is 37.4 Å². The third-order valence-corrected chi connectivity index (χ3v) is 4.29. The summed E-state index contributed by atoms with van der Waals surface area (Å²) in [6.07, 6.45) is 4.93. The van der Waals surface area contributed by atoms with Gasteiger partial charge in [-0.25, -0.2) is 4.68 Å². The number of rotatable bonds is 6. The second-order valence-electron chi connectivity index (χ2n) is 5.81. The molecule has 22 heavy (non-hydrogen) atoms. The summed E-state index contributed by atoms with van der Waals surface area (Å²) in [6, 6.07) is 10.3. The van der Waals surface area contributed by atoms with Crippen LogP contribution in [0.5, 0.6) is 5.88 Å². The van der Waals surface area contributed by atoms with Gasteiger partial charge in [0, 0.05) is 17.6 Å². The predicted octanol–water partition coefficient (Wildman–Crippen LogP) is 3.95. The molecule has 1 aliphatic carbocycles. The summed E-state index contributed by atoms with van der Waals surface area (Å²) in [5, 5.41) is 8.60. The van der Waals surface area contributed by atoms with Crippen LogP contribution >= 0.6 is 11.6 Å². The zero-order valence-corrected chi connectivity index (χ0v) is 13.6. The third kappa shape index (κ3) is 3.62. The molecule has 0 amide bonds. The van der Waals surface area contributed by atoms with Gasteiger partial charge < -0.3 is 10.1 Å². The molecule has 4 nitrogen and oxygen atoms in total. The van der Waals surface area contributed by atoms with Gasteiger partial charge in [0.2, 0.25) is 5.88 Å². The molecule has 5 heteroatoms. The number of nitrogens with one attached hydrogen (secondary N) is 1. The van der Waals surface area contributed by atoms with Crippen molar-refractivity contribution in [1.82, 2.24) is 15.1 Å². The van der Waals surface area contributed by atoms with Crippen LogP contribution in [0.25, 0.3) is 0 Å². The first-order valence-electron chi connectivity index (χ1n) is 7.86. The Kier molecular flexibility index (Phi) is 5.01.